The monoisotopic (exact) mass is 342 g/mol. The summed E-state index contributed by atoms with van der Waals surface area (Å²) in [6.45, 7) is 6.90. The lowest BCUT2D eigenvalue weighted by molar-refractivity contribution is -0.0461. The van der Waals surface area contributed by atoms with E-state index in [-0.39, 0.29) is 12.2 Å². The van der Waals surface area contributed by atoms with E-state index in [4.69, 9.17) is 14.2 Å². The second-order valence-electron chi connectivity index (χ2n) is 5.91. The van der Waals surface area contributed by atoms with Crippen LogP contribution < -0.4 is 0 Å². The molecule has 0 aliphatic heterocycles. The molecule has 2 rings (SSSR count). The Bertz CT molecular complexity index is 504. The lowest BCUT2D eigenvalue weighted by Gasteiger charge is -2.26. The van der Waals surface area contributed by atoms with Crippen LogP contribution in [0.5, 0.6) is 0 Å². The molecule has 0 fully saturated rings. The molecular formula is C22H30O3. The van der Waals surface area contributed by atoms with Crippen LogP contribution in [0.15, 0.2) is 60.7 Å². The van der Waals surface area contributed by atoms with Crippen LogP contribution in [0.4, 0.5) is 0 Å². The van der Waals surface area contributed by atoms with Crippen molar-refractivity contribution >= 4 is 0 Å². The summed E-state index contributed by atoms with van der Waals surface area (Å²) in [6.07, 6.45) is 1.71. The van der Waals surface area contributed by atoms with Gasteiger partial charge in [0.15, 0.2) is 0 Å². The van der Waals surface area contributed by atoms with Gasteiger partial charge in [0, 0.05) is 39.3 Å². The molecule has 2 unspecified atom stereocenters. The molecule has 2 aromatic rings. The van der Waals surface area contributed by atoms with Crippen molar-refractivity contribution in [2.45, 2.75) is 38.9 Å². The zero-order chi connectivity index (χ0) is 17.7. The van der Waals surface area contributed by atoms with Crippen LogP contribution >= 0.6 is 0 Å². The van der Waals surface area contributed by atoms with Gasteiger partial charge in [-0.15, -0.1) is 0 Å². The summed E-state index contributed by atoms with van der Waals surface area (Å²) < 4.78 is 17.7. The molecule has 0 aliphatic rings. The van der Waals surface area contributed by atoms with Gasteiger partial charge in [-0.1, -0.05) is 60.7 Å². The van der Waals surface area contributed by atoms with E-state index in [1.807, 2.05) is 26.0 Å². The van der Waals surface area contributed by atoms with Gasteiger partial charge in [0.1, 0.15) is 0 Å². The third kappa shape index (κ3) is 6.99. The molecule has 0 radical (unpaired) electrons. The fraction of sp³-hybridized carbons (Fsp3) is 0.455. The highest BCUT2D eigenvalue weighted by Crippen LogP contribution is 2.31. The van der Waals surface area contributed by atoms with Gasteiger partial charge in [-0.2, -0.15) is 0 Å². The van der Waals surface area contributed by atoms with E-state index in [1.165, 1.54) is 11.1 Å². The maximum atomic E-state index is 6.56. The first-order valence-electron chi connectivity index (χ1n) is 9.26. The number of benzene rings is 2. The maximum Gasteiger partial charge on any atom is 0.0855 e. The highest BCUT2D eigenvalue weighted by Gasteiger charge is 2.20. The second-order valence-corrected chi connectivity index (χ2v) is 5.91. The largest absolute Gasteiger partial charge is 0.382 e. The summed E-state index contributed by atoms with van der Waals surface area (Å²) in [5.41, 5.74) is 2.39. The van der Waals surface area contributed by atoms with Gasteiger partial charge in [0.2, 0.25) is 0 Å². The SMILES string of the molecule is CCOCCC(OC(CCOCC)c1ccccc1)c1ccccc1. The van der Waals surface area contributed by atoms with Crippen molar-refractivity contribution in [3.05, 3.63) is 71.8 Å². The van der Waals surface area contributed by atoms with E-state index < -0.39 is 0 Å². The summed E-state index contributed by atoms with van der Waals surface area (Å²) in [7, 11) is 0. The van der Waals surface area contributed by atoms with Crippen LogP contribution in [0, 0.1) is 0 Å². The zero-order valence-electron chi connectivity index (χ0n) is 15.4. The normalized spacial score (nSPS) is 13.5. The van der Waals surface area contributed by atoms with E-state index in [2.05, 4.69) is 48.5 Å². The molecule has 2 aromatic carbocycles. The van der Waals surface area contributed by atoms with Gasteiger partial charge in [-0.25, -0.2) is 0 Å². The molecule has 136 valence electrons. The van der Waals surface area contributed by atoms with E-state index in [0.29, 0.717) is 13.2 Å². The first kappa shape index (κ1) is 19.6. The number of rotatable bonds is 12. The van der Waals surface area contributed by atoms with Crippen molar-refractivity contribution in [1.29, 1.82) is 0 Å². The Morgan fingerprint density at radius 2 is 1.04 bits per heavy atom. The molecule has 0 bridgehead atoms. The van der Waals surface area contributed by atoms with Gasteiger partial charge >= 0.3 is 0 Å². The van der Waals surface area contributed by atoms with E-state index in [1.54, 1.807) is 0 Å². The fourth-order valence-corrected chi connectivity index (χ4v) is 2.83. The summed E-state index contributed by atoms with van der Waals surface area (Å²) in [6, 6.07) is 20.8. The average molecular weight is 342 g/mol. The van der Waals surface area contributed by atoms with Crippen molar-refractivity contribution in [3.8, 4) is 0 Å². The van der Waals surface area contributed by atoms with Crippen molar-refractivity contribution in [1.82, 2.24) is 0 Å². The number of hydrogen-bond donors (Lipinski definition) is 0. The Labute approximate surface area is 151 Å². The van der Waals surface area contributed by atoms with Crippen LogP contribution in [0.2, 0.25) is 0 Å². The third-order valence-electron chi connectivity index (χ3n) is 4.13. The summed E-state index contributed by atoms with van der Waals surface area (Å²) in [4.78, 5) is 0. The van der Waals surface area contributed by atoms with Crippen molar-refractivity contribution in [2.24, 2.45) is 0 Å². The van der Waals surface area contributed by atoms with Gasteiger partial charge in [-0.3, -0.25) is 0 Å². The van der Waals surface area contributed by atoms with Crippen molar-refractivity contribution in [2.75, 3.05) is 26.4 Å². The highest BCUT2D eigenvalue weighted by molar-refractivity contribution is 5.20. The Balaban J connectivity index is 2.12. The van der Waals surface area contributed by atoms with Crippen LogP contribution in [0.3, 0.4) is 0 Å². The van der Waals surface area contributed by atoms with Crippen LogP contribution in [0.1, 0.15) is 50.0 Å². The summed E-state index contributed by atoms with van der Waals surface area (Å²) in [5, 5.41) is 0. The van der Waals surface area contributed by atoms with E-state index >= 15 is 0 Å². The van der Waals surface area contributed by atoms with Crippen LogP contribution in [0.25, 0.3) is 0 Å². The molecule has 2 atom stereocenters. The van der Waals surface area contributed by atoms with E-state index in [0.717, 1.165) is 26.1 Å². The first-order chi connectivity index (χ1) is 12.3. The molecule has 3 nitrogen and oxygen atoms in total. The Morgan fingerprint density at radius 3 is 1.40 bits per heavy atom. The number of ether oxygens (including phenoxy) is 3. The van der Waals surface area contributed by atoms with Gasteiger partial charge in [-0.05, 0) is 25.0 Å². The lowest BCUT2D eigenvalue weighted by atomic mass is 10.0. The van der Waals surface area contributed by atoms with Gasteiger partial charge < -0.3 is 14.2 Å². The minimum absolute atomic E-state index is 0.0135. The smallest absolute Gasteiger partial charge is 0.0855 e. The summed E-state index contributed by atoms with van der Waals surface area (Å²) >= 11 is 0. The quantitative estimate of drug-likeness (QED) is 0.487. The van der Waals surface area contributed by atoms with Crippen molar-refractivity contribution in [3.63, 3.8) is 0 Å². The molecule has 0 saturated heterocycles. The standard InChI is InChI=1S/C22H30O3/c1-3-23-17-15-21(19-11-7-5-8-12-19)25-22(16-18-24-4-2)20-13-9-6-10-14-20/h5-14,21-22H,3-4,15-18H2,1-2H3. The number of hydrogen-bond acceptors (Lipinski definition) is 3. The first-order valence-corrected chi connectivity index (χ1v) is 9.26. The molecule has 0 heterocycles. The maximum absolute atomic E-state index is 6.56. The molecule has 0 N–H and O–H groups in total. The Hall–Kier alpha value is -1.68. The van der Waals surface area contributed by atoms with Gasteiger partial charge in [0.25, 0.3) is 0 Å². The molecule has 0 spiro atoms. The van der Waals surface area contributed by atoms with Crippen molar-refractivity contribution < 1.29 is 14.2 Å². The van der Waals surface area contributed by atoms with Crippen LogP contribution in [-0.2, 0) is 14.2 Å². The zero-order valence-corrected chi connectivity index (χ0v) is 15.4. The molecule has 0 amide bonds. The van der Waals surface area contributed by atoms with Gasteiger partial charge in [0.05, 0.1) is 12.2 Å². The van der Waals surface area contributed by atoms with Crippen LogP contribution in [-0.4, -0.2) is 26.4 Å². The minimum Gasteiger partial charge on any atom is -0.382 e. The summed E-state index contributed by atoms with van der Waals surface area (Å²) in [5.74, 6) is 0. The molecule has 0 saturated carbocycles. The lowest BCUT2D eigenvalue weighted by Crippen LogP contribution is -2.15. The molecular weight excluding hydrogens is 312 g/mol. The highest BCUT2D eigenvalue weighted by atomic mass is 16.5. The average Bonchev–Trinajstić information content (AvgIpc) is 2.67. The molecule has 0 aromatic heterocycles. The molecule has 3 heteroatoms. The van der Waals surface area contributed by atoms with E-state index in [9.17, 15) is 0 Å². The second kappa shape index (κ2) is 11.8. The predicted molar refractivity (Wildman–Crippen MR) is 102 cm³/mol. The fourth-order valence-electron chi connectivity index (χ4n) is 2.83. The third-order valence-corrected chi connectivity index (χ3v) is 4.13. The Kier molecular flexibility index (Phi) is 9.27. The molecule has 0 aliphatic carbocycles. The Morgan fingerprint density at radius 1 is 0.640 bits per heavy atom. The topological polar surface area (TPSA) is 27.7 Å². The molecule has 25 heavy (non-hydrogen) atoms. The predicted octanol–water partition coefficient (Wildman–Crippen LogP) is 5.34. The minimum atomic E-state index is 0.0135.